The monoisotopic (exact) mass is 182 g/mol. The average molecular weight is 182 g/mol. The van der Waals surface area contributed by atoms with E-state index in [0.717, 1.165) is 0 Å². The largest absolute Gasteiger partial charge is 0.0622 e. The molecule has 2 rings (SSSR count). The van der Waals surface area contributed by atoms with Crippen LogP contribution in [0.2, 0.25) is 0 Å². The Hall–Kier alpha value is -1.56. The zero-order chi connectivity index (χ0) is 9.97. The number of aryl methyl sites for hydroxylation is 2. The highest BCUT2D eigenvalue weighted by atomic mass is 14.0. The topological polar surface area (TPSA) is 0 Å². The molecule has 0 aliphatic carbocycles. The van der Waals surface area contributed by atoms with E-state index >= 15 is 0 Å². The van der Waals surface area contributed by atoms with Crippen molar-refractivity contribution in [3.63, 3.8) is 0 Å². The maximum atomic E-state index is 2.24. The van der Waals surface area contributed by atoms with E-state index in [0.29, 0.717) is 0 Å². The fourth-order valence-electron chi connectivity index (χ4n) is 1.55. The first-order chi connectivity index (χ1) is 6.77. The van der Waals surface area contributed by atoms with Gasteiger partial charge in [0.05, 0.1) is 0 Å². The van der Waals surface area contributed by atoms with Crippen LogP contribution in [0.25, 0.3) is 11.1 Å². The second-order valence-electron chi connectivity index (χ2n) is 3.67. The van der Waals surface area contributed by atoms with Gasteiger partial charge >= 0.3 is 0 Å². The Bertz CT molecular complexity index is 427. The summed E-state index contributed by atoms with van der Waals surface area (Å²) in [5.41, 5.74) is 5.29. The maximum Gasteiger partial charge on any atom is -0.0181 e. The highest BCUT2D eigenvalue weighted by Crippen LogP contribution is 2.21. The third-order valence-electron chi connectivity index (χ3n) is 2.61. The second kappa shape index (κ2) is 3.67. The van der Waals surface area contributed by atoms with Crippen molar-refractivity contribution in [2.75, 3.05) is 0 Å². The minimum absolute atomic E-state index is 1.29. The minimum Gasteiger partial charge on any atom is -0.0622 e. The number of rotatable bonds is 1. The van der Waals surface area contributed by atoms with Gasteiger partial charge in [-0.1, -0.05) is 48.5 Å². The summed E-state index contributed by atoms with van der Waals surface area (Å²) in [6.07, 6.45) is 0. The quantitative estimate of drug-likeness (QED) is 0.626. The normalized spacial score (nSPS) is 10.1. The Balaban J connectivity index is 2.48. The molecule has 0 unspecified atom stereocenters. The molecule has 0 fully saturated rings. The molecule has 0 bridgehead atoms. The summed E-state index contributed by atoms with van der Waals surface area (Å²) in [6, 6.07) is 17.1. The molecule has 0 radical (unpaired) electrons. The average Bonchev–Trinajstić information content (AvgIpc) is 2.23. The summed E-state index contributed by atoms with van der Waals surface area (Å²) in [7, 11) is 0. The van der Waals surface area contributed by atoms with E-state index in [1.165, 1.54) is 22.3 Å². The molecule has 0 amide bonds. The zero-order valence-electron chi connectivity index (χ0n) is 8.62. The smallest absolute Gasteiger partial charge is 0.0181 e. The Morgan fingerprint density at radius 3 is 2.00 bits per heavy atom. The van der Waals surface area contributed by atoms with Crippen molar-refractivity contribution in [1.82, 2.24) is 0 Å². The summed E-state index contributed by atoms with van der Waals surface area (Å²) in [4.78, 5) is 0. The molecule has 0 saturated carbocycles. The SMILES string of the molecule is Cc1ccc(-c2ccccc2)cc1C. The molecule has 0 N–H and O–H groups in total. The molecule has 14 heavy (non-hydrogen) atoms. The van der Waals surface area contributed by atoms with Crippen molar-refractivity contribution >= 4 is 0 Å². The molecule has 0 nitrogen and oxygen atoms in total. The Morgan fingerprint density at radius 1 is 0.643 bits per heavy atom. The van der Waals surface area contributed by atoms with Crippen LogP contribution in [0.3, 0.4) is 0 Å². The fraction of sp³-hybridized carbons (Fsp3) is 0.143. The van der Waals surface area contributed by atoms with Gasteiger partial charge in [-0.05, 0) is 36.1 Å². The van der Waals surface area contributed by atoms with E-state index in [4.69, 9.17) is 0 Å². The lowest BCUT2D eigenvalue weighted by atomic mass is 10.0. The third-order valence-corrected chi connectivity index (χ3v) is 2.61. The summed E-state index contributed by atoms with van der Waals surface area (Å²) in [6.45, 7) is 4.30. The van der Waals surface area contributed by atoms with Crippen LogP contribution in [0.5, 0.6) is 0 Å². The highest BCUT2D eigenvalue weighted by molar-refractivity contribution is 5.64. The third kappa shape index (κ3) is 1.69. The van der Waals surface area contributed by atoms with Gasteiger partial charge in [0.1, 0.15) is 0 Å². The van der Waals surface area contributed by atoms with Crippen LogP contribution >= 0.6 is 0 Å². The van der Waals surface area contributed by atoms with E-state index in [9.17, 15) is 0 Å². The first kappa shape index (κ1) is 9.01. The van der Waals surface area contributed by atoms with Crippen molar-refractivity contribution in [2.45, 2.75) is 13.8 Å². The molecule has 0 saturated heterocycles. The van der Waals surface area contributed by atoms with Gasteiger partial charge in [-0.3, -0.25) is 0 Å². The van der Waals surface area contributed by atoms with Gasteiger partial charge in [0, 0.05) is 0 Å². The van der Waals surface area contributed by atoms with Gasteiger partial charge in [0.25, 0.3) is 0 Å². The molecule has 2 aromatic rings. The van der Waals surface area contributed by atoms with E-state index in [2.05, 4.69) is 56.3 Å². The molecule has 0 heteroatoms. The molecule has 0 heterocycles. The van der Waals surface area contributed by atoms with E-state index in [-0.39, 0.29) is 0 Å². The van der Waals surface area contributed by atoms with Crippen molar-refractivity contribution in [3.05, 3.63) is 59.7 Å². The van der Waals surface area contributed by atoms with Crippen molar-refractivity contribution in [1.29, 1.82) is 0 Å². The minimum atomic E-state index is 1.29. The van der Waals surface area contributed by atoms with Crippen molar-refractivity contribution in [2.24, 2.45) is 0 Å². The van der Waals surface area contributed by atoms with Gasteiger partial charge in [0.2, 0.25) is 0 Å². The van der Waals surface area contributed by atoms with Crippen LogP contribution in [0, 0.1) is 13.8 Å². The van der Waals surface area contributed by atoms with Crippen LogP contribution in [-0.4, -0.2) is 0 Å². The van der Waals surface area contributed by atoms with Crippen molar-refractivity contribution < 1.29 is 0 Å². The lowest BCUT2D eigenvalue weighted by Gasteiger charge is -2.04. The fourth-order valence-corrected chi connectivity index (χ4v) is 1.55. The molecule has 2 aromatic carbocycles. The standard InChI is InChI=1S/C14H14/c1-11-8-9-14(10-12(11)2)13-6-4-3-5-7-13/h3-10H,1-2H3. The van der Waals surface area contributed by atoms with Gasteiger partial charge in [-0.2, -0.15) is 0 Å². The van der Waals surface area contributed by atoms with Crippen molar-refractivity contribution in [3.8, 4) is 11.1 Å². The zero-order valence-corrected chi connectivity index (χ0v) is 8.62. The summed E-state index contributed by atoms with van der Waals surface area (Å²) in [5, 5.41) is 0. The van der Waals surface area contributed by atoms with Crippen LogP contribution in [0.1, 0.15) is 11.1 Å². The summed E-state index contributed by atoms with van der Waals surface area (Å²) < 4.78 is 0. The molecule has 0 atom stereocenters. The number of benzene rings is 2. The summed E-state index contributed by atoms with van der Waals surface area (Å²) >= 11 is 0. The maximum absolute atomic E-state index is 2.24. The number of hydrogen-bond acceptors (Lipinski definition) is 0. The lowest BCUT2D eigenvalue weighted by molar-refractivity contribution is 1.34. The summed E-state index contributed by atoms with van der Waals surface area (Å²) in [5.74, 6) is 0. The van der Waals surface area contributed by atoms with Crippen LogP contribution < -0.4 is 0 Å². The highest BCUT2D eigenvalue weighted by Gasteiger charge is 1.97. The van der Waals surface area contributed by atoms with Crippen LogP contribution in [-0.2, 0) is 0 Å². The van der Waals surface area contributed by atoms with E-state index < -0.39 is 0 Å². The second-order valence-corrected chi connectivity index (χ2v) is 3.67. The van der Waals surface area contributed by atoms with Gasteiger partial charge in [0.15, 0.2) is 0 Å². The Morgan fingerprint density at radius 2 is 1.36 bits per heavy atom. The lowest BCUT2D eigenvalue weighted by Crippen LogP contribution is -1.82. The predicted molar refractivity (Wildman–Crippen MR) is 61.4 cm³/mol. The molecule has 0 aliphatic heterocycles. The molecule has 70 valence electrons. The molecule has 0 spiro atoms. The number of hydrogen-bond donors (Lipinski definition) is 0. The Labute approximate surface area is 85.2 Å². The molecule has 0 aliphatic rings. The Kier molecular flexibility index (Phi) is 2.36. The van der Waals surface area contributed by atoms with Gasteiger partial charge in [-0.25, -0.2) is 0 Å². The van der Waals surface area contributed by atoms with Gasteiger partial charge < -0.3 is 0 Å². The van der Waals surface area contributed by atoms with E-state index in [1.54, 1.807) is 0 Å². The van der Waals surface area contributed by atoms with Crippen LogP contribution in [0.15, 0.2) is 48.5 Å². The molecule has 0 aromatic heterocycles. The predicted octanol–water partition coefficient (Wildman–Crippen LogP) is 3.97. The van der Waals surface area contributed by atoms with Crippen LogP contribution in [0.4, 0.5) is 0 Å². The molecular weight excluding hydrogens is 168 g/mol. The van der Waals surface area contributed by atoms with E-state index in [1.807, 2.05) is 6.07 Å². The first-order valence-electron chi connectivity index (χ1n) is 4.90. The first-order valence-corrected chi connectivity index (χ1v) is 4.90. The van der Waals surface area contributed by atoms with Gasteiger partial charge in [-0.15, -0.1) is 0 Å². The molecular formula is C14H14.